The maximum Gasteiger partial charge on any atom is 0.243 e. The monoisotopic (exact) mass is 314 g/mol. The van der Waals surface area contributed by atoms with E-state index in [2.05, 4.69) is 5.32 Å². The first kappa shape index (κ1) is 16.4. The molecule has 0 atom stereocenters. The number of sulfonamides is 1. The van der Waals surface area contributed by atoms with Gasteiger partial charge in [0.2, 0.25) is 10.0 Å². The second-order valence-corrected chi connectivity index (χ2v) is 7.69. The zero-order chi connectivity index (χ0) is 15.6. The van der Waals surface area contributed by atoms with E-state index in [0.29, 0.717) is 11.6 Å². The molecule has 4 nitrogen and oxygen atoms in total. The Morgan fingerprint density at radius 1 is 1.24 bits per heavy atom. The van der Waals surface area contributed by atoms with Crippen LogP contribution in [0.5, 0.6) is 0 Å². The summed E-state index contributed by atoms with van der Waals surface area (Å²) in [6, 6.07) is 4.31. The second-order valence-electron chi connectivity index (χ2n) is 5.73. The van der Waals surface area contributed by atoms with Crippen molar-refractivity contribution in [2.75, 3.05) is 14.1 Å². The van der Waals surface area contributed by atoms with Crippen LogP contribution in [0.15, 0.2) is 23.1 Å². The molecule has 6 heteroatoms. The standard InChI is InChI=1S/C15H23FN2O2S/c1-11-10-12(16)4-9-15(11)21(19,20)18(3)14-7-5-13(17-2)6-8-14/h4,9-10,13-14,17H,5-8H2,1-3H3. The molecule has 0 aromatic heterocycles. The Bertz CT molecular complexity index is 596. The summed E-state index contributed by atoms with van der Waals surface area (Å²) in [6.07, 6.45) is 3.65. The fourth-order valence-electron chi connectivity index (χ4n) is 2.98. The summed E-state index contributed by atoms with van der Waals surface area (Å²) in [4.78, 5) is 0.196. The average Bonchev–Trinajstić information content (AvgIpc) is 2.46. The predicted molar refractivity (Wildman–Crippen MR) is 81.2 cm³/mol. The SMILES string of the molecule is CNC1CCC(N(C)S(=O)(=O)c2ccc(F)cc2C)CC1. The number of nitrogens with one attached hydrogen (secondary N) is 1. The van der Waals surface area contributed by atoms with Gasteiger partial charge in [-0.15, -0.1) is 0 Å². The van der Waals surface area contributed by atoms with Crippen molar-refractivity contribution in [1.82, 2.24) is 9.62 Å². The van der Waals surface area contributed by atoms with Crippen LogP contribution in [-0.2, 0) is 10.0 Å². The molecule has 0 radical (unpaired) electrons. The summed E-state index contributed by atoms with van der Waals surface area (Å²) in [5.41, 5.74) is 0.450. The Morgan fingerprint density at radius 3 is 2.38 bits per heavy atom. The molecule has 1 saturated carbocycles. The van der Waals surface area contributed by atoms with Crippen molar-refractivity contribution in [3.05, 3.63) is 29.6 Å². The van der Waals surface area contributed by atoms with Crippen molar-refractivity contribution in [3.8, 4) is 0 Å². The van der Waals surface area contributed by atoms with Gasteiger partial charge >= 0.3 is 0 Å². The molecule has 0 unspecified atom stereocenters. The van der Waals surface area contributed by atoms with Crippen LogP contribution in [0.4, 0.5) is 4.39 Å². The molecular formula is C15H23FN2O2S. The van der Waals surface area contributed by atoms with Crippen molar-refractivity contribution in [2.45, 2.75) is 49.6 Å². The predicted octanol–water partition coefficient (Wildman–Crippen LogP) is 2.29. The average molecular weight is 314 g/mol. The van der Waals surface area contributed by atoms with Crippen LogP contribution in [0, 0.1) is 12.7 Å². The quantitative estimate of drug-likeness (QED) is 0.927. The van der Waals surface area contributed by atoms with Gasteiger partial charge in [0.05, 0.1) is 4.90 Å². The Kier molecular flexibility index (Phi) is 5.01. The van der Waals surface area contributed by atoms with Crippen LogP contribution < -0.4 is 5.32 Å². The van der Waals surface area contributed by atoms with Crippen molar-refractivity contribution in [3.63, 3.8) is 0 Å². The van der Waals surface area contributed by atoms with Gasteiger partial charge in [0, 0.05) is 19.1 Å². The number of benzene rings is 1. The van der Waals surface area contributed by atoms with Crippen molar-refractivity contribution in [2.24, 2.45) is 0 Å². The van der Waals surface area contributed by atoms with E-state index >= 15 is 0 Å². The molecule has 0 aliphatic heterocycles. The van der Waals surface area contributed by atoms with Crippen LogP contribution in [-0.4, -0.2) is 38.9 Å². The molecule has 0 amide bonds. The molecule has 0 bridgehead atoms. The fourth-order valence-corrected chi connectivity index (χ4v) is 4.60. The highest BCUT2D eigenvalue weighted by Gasteiger charge is 2.31. The third-order valence-corrected chi connectivity index (χ3v) is 6.48. The Balaban J connectivity index is 2.19. The normalized spacial score (nSPS) is 23.5. The van der Waals surface area contributed by atoms with Gasteiger partial charge in [0.15, 0.2) is 0 Å². The van der Waals surface area contributed by atoms with Gasteiger partial charge in [-0.3, -0.25) is 0 Å². The fraction of sp³-hybridized carbons (Fsp3) is 0.600. The zero-order valence-corrected chi connectivity index (χ0v) is 13.6. The third-order valence-electron chi connectivity index (χ3n) is 4.41. The number of halogens is 1. The van der Waals surface area contributed by atoms with E-state index in [-0.39, 0.29) is 10.9 Å². The molecule has 21 heavy (non-hydrogen) atoms. The zero-order valence-electron chi connectivity index (χ0n) is 12.8. The van der Waals surface area contributed by atoms with Gasteiger partial charge in [0.25, 0.3) is 0 Å². The van der Waals surface area contributed by atoms with Gasteiger partial charge in [-0.1, -0.05) is 0 Å². The van der Waals surface area contributed by atoms with Crippen LogP contribution >= 0.6 is 0 Å². The molecule has 2 rings (SSSR count). The number of nitrogens with zero attached hydrogens (tertiary/aromatic N) is 1. The molecule has 1 fully saturated rings. The van der Waals surface area contributed by atoms with Crippen LogP contribution in [0.3, 0.4) is 0 Å². The molecule has 118 valence electrons. The minimum atomic E-state index is -3.56. The number of hydrogen-bond acceptors (Lipinski definition) is 3. The van der Waals surface area contributed by atoms with Crippen molar-refractivity contribution < 1.29 is 12.8 Å². The lowest BCUT2D eigenvalue weighted by molar-refractivity contribution is 0.255. The lowest BCUT2D eigenvalue weighted by atomic mass is 9.91. The van der Waals surface area contributed by atoms with Crippen LogP contribution in [0.1, 0.15) is 31.2 Å². The van der Waals surface area contributed by atoms with E-state index in [1.54, 1.807) is 14.0 Å². The van der Waals surface area contributed by atoms with E-state index in [0.717, 1.165) is 25.7 Å². The highest BCUT2D eigenvalue weighted by atomic mass is 32.2. The summed E-state index contributed by atoms with van der Waals surface area (Å²) >= 11 is 0. The summed E-state index contributed by atoms with van der Waals surface area (Å²) in [5.74, 6) is -0.413. The summed E-state index contributed by atoms with van der Waals surface area (Å²) < 4.78 is 40.0. The minimum Gasteiger partial charge on any atom is -0.317 e. The topological polar surface area (TPSA) is 49.4 Å². The highest BCUT2D eigenvalue weighted by molar-refractivity contribution is 7.89. The van der Waals surface area contributed by atoms with Gasteiger partial charge in [-0.05, 0) is 63.4 Å². The molecule has 1 aliphatic carbocycles. The van der Waals surface area contributed by atoms with Gasteiger partial charge < -0.3 is 5.32 Å². The maximum atomic E-state index is 13.2. The van der Waals surface area contributed by atoms with E-state index in [1.807, 2.05) is 7.05 Å². The number of rotatable bonds is 4. The lowest BCUT2D eigenvalue weighted by Gasteiger charge is -2.34. The van der Waals surface area contributed by atoms with Gasteiger partial charge in [-0.25, -0.2) is 12.8 Å². The third kappa shape index (κ3) is 3.44. The smallest absolute Gasteiger partial charge is 0.243 e. The van der Waals surface area contributed by atoms with E-state index < -0.39 is 15.8 Å². The first-order chi connectivity index (χ1) is 9.86. The molecule has 1 aromatic carbocycles. The highest BCUT2D eigenvalue weighted by Crippen LogP contribution is 2.28. The summed E-state index contributed by atoms with van der Waals surface area (Å²) in [6.45, 7) is 1.63. The van der Waals surface area contributed by atoms with E-state index in [9.17, 15) is 12.8 Å². The largest absolute Gasteiger partial charge is 0.317 e. The van der Waals surface area contributed by atoms with Gasteiger partial charge in [0.1, 0.15) is 5.82 Å². The maximum absolute atomic E-state index is 13.2. The number of aryl methyl sites for hydroxylation is 1. The first-order valence-electron chi connectivity index (χ1n) is 7.27. The second kappa shape index (κ2) is 6.42. The van der Waals surface area contributed by atoms with Crippen molar-refractivity contribution >= 4 is 10.0 Å². The summed E-state index contributed by atoms with van der Waals surface area (Å²) in [7, 11) is 0.00132. The number of hydrogen-bond donors (Lipinski definition) is 1. The molecule has 1 aliphatic rings. The lowest BCUT2D eigenvalue weighted by Crippen LogP contribution is -2.42. The van der Waals surface area contributed by atoms with E-state index in [1.165, 1.54) is 22.5 Å². The first-order valence-corrected chi connectivity index (χ1v) is 8.71. The minimum absolute atomic E-state index is 0.0176. The Morgan fingerprint density at radius 2 is 1.86 bits per heavy atom. The molecule has 0 heterocycles. The molecule has 0 spiro atoms. The Hall–Kier alpha value is -0.980. The van der Waals surface area contributed by atoms with Gasteiger partial charge in [-0.2, -0.15) is 4.31 Å². The van der Waals surface area contributed by atoms with E-state index in [4.69, 9.17) is 0 Å². The molecule has 0 saturated heterocycles. The molecule has 1 N–H and O–H groups in total. The molecule has 1 aromatic rings. The summed E-state index contributed by atoms with van der Waals surface area (Å²) in [5, 5.41) is 3.24. The van der Waals surface area contributed by atoms with Crippen molar-refractivity contribution in [1.29, 1.82) is 0 Å². The van der Waals surface area contributed by atoms with Crippen LogP contribution in [0.25, 0.3) is 0 Å². The van der Waals surface area contributed by atoms with Crippen LogP contribution in [0.2, 0.25) is 0 Å². The molecular weight excluding hydrogens is 291 g/mol. The Labute approximate surface area is 126 Å².